The fraction of sp³-hybridized carbons (Fsp3) is 0.385. The molecule has 0 radical (unpaired) electrons. The van der Waals surface area contributed by atoms with Crippen molar-refractivity contribution in [3.8, 4) is 0 Å². The van der Waals surface area contributed by atoms with Gasteiger partial charge in [-0.1, -0.05) is 11.6 Å². The molecular formula is C13H16ClN5S. The monoisotopic (exact) mass is 309 g/mol. The Bertz CT molecular complexity index is 633. The summed E-state index contributed by atoms with van der Waals surface area (Å²) in [6.07, 6.45) is 3.77. The van der Waals surface area contributed by atoms with Gasteiger partial charge >= 0.3 is 0 Å². The van der Waals surface area contributed by atoms with Gasteiger partial charge in [0.15, 0.2) is 5.96 Å². The number of aromatic nitrogens is 2. The van der Waals surface area contributed by atoms with Crippen LogP contribution < -0.4 is 5.73 Å². The van der Waals surface area contributed by atoms with E-state index in [1.54, 1.807) is 0 Å². The summed E-state index contributed by atoms with van der Waals surface area (Å²) in [5, 5.41) is 0.690. The van der Waals surface area contributed by atoms with Gasteiger partial charge in [-0.2, -0.15) is 11.8 Å². The van der Waals surface area contributed by atoms with Crippen LogP contribution in [0, 0.1) is 0 Å². The zero-order valence-corrected chi connectivity index (χ0v) is 12.6. The van der Waals surface area contributed by atoms with E-state index < -0.39 is 0 Å². The lowest BCUT2D eigenvalue weighted by molar-refractivity contribution is 0.455. The molecule has 0 spiro atoms. The Morgan fingerprint density at radius 3 is 2.95 bits per heavy atom. The SMILES string of the molecule is NC(=NCc1cn2cc(Cl)ccc2n1)N1CCSCC1. The number of pyridine rings is 1. The van der Waals surface area contributed by atoms with Crippen LogP contribution in [-0.2, 0) is 6.54 Å². The lowest BCUT2D eigenvalue weighted by atomic mass is 10.5. The third kappa shape index (κ3) is 3.02. The molecule has 0 atom stereocenters. The van der Waals surface area contributed by atoms with Gasteiger partial charge in [-0.05, 0) is 12.1 Å². The maximum atomic E-state index is 6.03. The Balaban J connectivity index is 1.72. The first-order chi connectivity index (χ1) is 9.72. The van der Waals surface area contributed by atoms with E-state index in [9.17, 15) is 0 Å². The van der Waals surface area contributed by atoms with E-state index in [0.29, 0.717) is 17.5 Å². The molecule has 106 valence electrons. The second kappa shape index (κ2) is 5.93. The van der Waals surface area contributed by atoms with Crippen LogP contribution in [0.4, 0.5) is 0 Å². The van der Waals surface area contributed by atoms with E-state index in [-0.39, 0.29) is 0 Å². The summed E-state index contributed by atoms with van der Waals surface area (Å²) < 4.78 is 1.90. The van der Waals surface area contributed by atoms with Crippen LogP contribution in [0.3, 0.4) is 0 Å². The van der Waals surface area contributed by atoms with Gasteiger partial charge in [0.05, 0.1) is 17.3 Å². The molecule has 2 N–H and O–H groups in total. The van der Waals surface area contributed by atoms with E-state index >= 15 is 0 Å². The molecule has 2 aromatic heterocycles. The predicted molar refractivity (Wildman–Crippen MR) is 84.4 cm³/mol. The van der Waals surface area contributed by atoms with Crippen LogP contribution in [-0.4, -0.2) is 44.8 Å². The summed E-state index contributed by atoms with van der Waals surface area (Å²) in [6, 6.07) is 3.72. The number of fused-ring (bicyclic) bond motifs is 1. The Hall–Kier alpha value is -1.40. The lowest BCUT2D eigenvalue weighted by Gasteiger charge is -2.27. The Kier molecular flexibility index (Phi) is 4.03. The fourth-order valence-electron chi connectivity index (χ4n) is 2.15. The van der Waals surface area contributed by atoms with Crippen molar-refractivity contribution < 1.29 is 0 Å². The molecule has 7 heteroatoms. The van der Waals surface area contributed by atoms with Crippen molar-refractivity contribution in [2.24, 2.45) is 10.7 Å². The second-order valence-electron chi connectivity index (χ2n) is 4.62. The molecule has 1 aliphatic heterocycles. The van der Waals surface area contributed by atoms with E-state index in [0.717, 1.165) is 35.9 Å². The first-order valence-electron chi connectivity index (χ1n) is 6.48. The number of nitrogens with zero attached hydrogens (tertiary/aromatic N) is 4. The van der Waals surface area contributed by atoms with E-state index in [4.69, 9.17) is 17.3 Å². The predicted octanol–water partition coefficient (Wildman–Crippen LogP) is 1.85. The molecule has 1 fully saturated rings. The number of nitrogens with two attached hydrogens (primary N) is 1. The summed E-state index contributed by atoms with van der Waals surface area (Å²) in [4.78, 5) is 11.1. The molecule has 20 heavy (non-hydrogen) atoms. The van der Waals surface area contributed by atoms with Gasteiger partial charge < -0.3 is 15.0 Å². The minimum absolute atomic E-state index is 0.495. The summed E-state index contributed by atoms with van der Waals surface area (Å²) in [6.45, 7) is 2.44. The highest BCUT2D eigenvalue weighted by molar-refractivity contribution is 7.99. The van der Waals surface area contributed by atoms with Crippen LogP contribution in [0.25, 0.3) is 5.65 Å². The van der Waals surface area contributed by atoms with Gasteiger partial charge in [0, 0.05) is 37.0 Å². The van der Waals surface area contributed by atoms with Crippen molar-refractivity contribution in [2.45, 2.75) is 6.54 Å². The zero-order chi connectivity index (χ0) is 13.9. The van der Waals surface area contributed by atoms with Crippen LogP contribution in [0.2, 0.25) is 5.02 Å². The van der Waals surface area contributed by atoms with Gasteiger partial charge in [0.25, 0.3) is 0 Å². The molecule has 3 heterocycles. The van der Waals surface area contributed by atoms with Crippen molar-refractivity contribution in [3.05, 3.63) is 35.2 Å². The van der Waals surface area contributed by atoms with Crippen molar-refractivity contribution in [2.75, 3.05) is 24.6 Å². The number of imidazole rings is 1. The normalized spacial score (nSPS) is 16.9. The van der Waals surface area contributed by atoms with Gasteiger partial charge in [-0.15, -0.1) is 0 Å². The fourth-order valence-corrected chi connectivity index (χ4v) is 3.22. The Morgan fingerprint density at radius 1 is 1.35 bits per heavy atom. The van der Waals surface area contributed by atoms with E-state index in [1.807, 2.05) is 40.7 Å². The first kappa shape index (κ1) is 13.6. The lowest BCUT2D eigenvalue weighted by Crippen LogP contribution is -2.42. The molecule has 0 saturated carbocycles. The average molecular weight is 310 g/mol. The molecular weight excluding hydrogens is 294 g/mol. The maximum absolute atomic E-state index is 6.03. The van der Waals surface area contributed by atoms with Gasteiger partial charge in [-0.25, -0.2) is 9.98 Å². The second-order valence-corrected chi connectivity index (χ2v) is 6.28. The molecule has 1 saturated heterocycles. The molecule has 3 rings (SSSR count). The van der Waals surface area contributed by atoms with Crippen molar-refractivity contribution in [1.82, 2.24) is 14.3 Å². The standard InChI is InChI=1S/C13H16ClN5S/c14-10-1-2-12-17-11(9-19(12)8-10)7-16-13(15)18-3-5-20-6-4-18/h1-2,8-9H,3-7H2,(H2,15,16). The van der Waals surface area contributed by atoms with Crippen molar-refractivity contribution in [3.63, 3.8) is 0 Å². The minimum Gasteiger partial charge on any atom is -0.370 e. The highest BCUT2D eigenvalue weighted by Crippen LogP contribution is 2.13. The minimum atomic E-state index is 0.495. The number of hydrogen-bond donors (Lipinski definition) is 1. The number of halogens is 1. The summed E-state index contributed by atoms with van der Waals surface area (Å²) in [7, 11) is 0. The Labute approximate surface area is 126 Å². The molecule has 0 aliphatic carbocycles. The highest BCUT2D eigenvalue weighted by Gasteiger charge is 2.12. The molecule has 0 unspecified atom stereocenters. The molecule has 2 aromatic rings. The van der Waals surface area contributed by atoms with Gasteiger partial charge in [0.2, 0.25) is 0 Å². The van der Waals surface area contributed by atoms with Crippen molar-refractivity contribution in [1.29, 1.82) is 0 Å². The van der Waals surface area contributed by atoms with Crippen LogP contribution in [0.15, 0.2) is 29.5 Å². The number of aliphatic imine (C=N–C) groups is 1. The number of thioether (sulfide) groups is 1. The van der Waals surface area contributed by atoms with Gasteiger partial charge in [-0.3, -0.25) is 0 Å². The molecule has 0 bridgehead atoms. The number of hydrogen-bond acceptors (Lipinski definition) is 3. The van der Waals surface area contributed by atoms with E-state index in [1.165, 1.54) is 0 Å². The molecule has 0 amide bonds. The van der Waals surface area contributed by atoms with E-state index in [2.05, 4.69) is 14.9 Å². The summed E-state index contributed by atoms with van der Waals surface area (Å²) in [5.74, 6) is 2.84. The topological polar surface area (TPSA) is 58.9 Å². The molecule has 5 nitrogen and oxygen atoms in total. The third-order valence-corrected chi connectivity index (χ3v) is 4.37. The van der Waals surface area contributed by atoms with Crippen molar-refractivity contribution >= 4 is 35.0 Å². The first-order valence-corrected chi connectivity index (χ1v) is 8.01. The maximum Gasteiger partial charge on any atom is 0.191 e. The molecule has 0 aromatic carbocycles. The quantitative estimate of drug-likeness (QED) is 0.679. The largest absolute Gasteiger partial charge is 0.370 e. The number of rotatable bonds is 2. The highest BCUT2D eigenvalue weighted by atomic mass is 35.5. The average Bonchev–Trinajstić information content (AvgIpc) is 2.87. The zero-order valence-electron chi connectivity index (χ0n) is 11.0. The van der Waals surface area contributed by atoms with Crippen LogP contribution in [0.5, 0.6) is 0 Å². The van der Waals surface area contributed by atoms with Crippen LogP contribution in [0.1, 0.15) is 5.69 Å². The van der Waals surface area contributed by atoms with Crippen LogP contribution >= 0.6 is 23.4 Å². The molecule has 1 aliphatic rings. The Morgan fingerprint density at radius 2 is 2.15 bits per heavy atom. The third-order valence-electron chi connectivity index (χ3n) is 3.20. The van der Waals surface area contributed by atoms with Gasteiger partial charge in [0.1, 0.15) is 5.65 Å². The number of guanidine groups is 1. The smallest absolute Gasteiger partial charge is 0.191 e. The summed E-state index contributed by atoms with van der Waals surface area (Å²) in [5.41, 5.74) is 7.78. The summed E-state index contributed by atoms with van der Waals surface area (Å²) >= 11 is 7.91.